The number of hydrogen-bond acceptors (Lipinski definition) is 2. The summed E-state index contributed by atoms with van der Waals surface area (Å²) in [5, 5.41) is 8.05. The predicted octanol–water partition coefficient (Wildman–Crippen LogP) is 0.0260. The van der Waals surface area contributed by atoms with Crippen molar-refractivity contribution in [2.24, 2.45) is 0 Å². The molecule has 0 saturated carbocycles. The van der Waals surface area contributed by atoms with Crippen molar-refractivity contribution < 1.29 is 14.6 Å². The smallest absolute Gasteiger partial charge is 0.328 e. The molecule has 1 fully saturated rings. The number of carboxylic acids is 1. The molecule has 1 saturated heterocycles. The molecule has 8 heavy (non-hydrogen) atoms. The Balaban J connectivity index is 2.23. The third-order valence-corrected chi connectivity index (χ3v) is 0.813. The Morgan fingerprint density at radius 2 is 2.50 bits per heavy atom. The first-order valence-electron chi connectivity index (χ1n) is 2.32. The SMILES string of the molecule is O=C(O)/C=C\C1CO1. The van der Waals surface area contributed by atoms with E-state index in [1.165, 1.54) is 6.08 Å². The van der Waals surface area contributed by atoms with Crippen molar-refractivity contribution in [2.45, 2.75) is 6.10 Å². The number of ether oxygens (including phenoxy) is 1. The van der Waals surface area contributed by atoms with Crippen LogP contribution in [0.2, 0.25) is 0 Å². The molecule has 0 spiro atoms. The molecule has 0 radical (unpaired) electrons. The molecular weight excluding hydrogens is 108 g/mol. The molecule has 1 aliphatic rings. The maximum absolute atomic E-state index is 9.79. The van der Waals surface area contributed by atoms with E-state index in [0.717, 1.165) is 6.08 Å². The van der Waals surface area contributed by atoms with Gasteiger partial charge in [-0.3, -0.25) is 0 Å². The quantitative estimate of drug-likeness (QED) is 0.407. The third kappa shape index (κ3) is 1.75. The first-order valence-corrected chi connectivity index (χ1v) is 2.32. The molecule has 0 aromatic heterocycles. The van der Waals surface area contributed by atoms with Gasteiger partial charge in [0.15, 0.2) is 0 Å². The van der Waals surface area contributed by atoms with Gasteiger partial charge in [0, 0.05) is 6.08 Å². The van der Waals surface area contributed by atoms with E-state index in [1.54, 1.807) is 0 Å². The first-order chi connectivity index (χ1) is 3.79. The van der Waals surface area contributed by atoms with Gasteiger partial charge in [-0.05, 0) is 6.08 Å². The zero-order chi connectivity index (χ0) is 5.98. The van der Waals surface area contributed by atoms with Gasteiger partial charge in [0.25, 0.3) is 0 Å². The summed E-state index contributed by atoms with van der Waals surface area (Å²) in [6.45, 7) is 0.670. The van der Waals surface area contributed by atoms with E-state index in [-0.39, 0.29) is 6.10 Å². The number of carboxylic acid groups (broad SMARTS) is 1. The lowest BCUT2D eigenvalue weighted by Gasteiger charge is -1.74. The van der Waals surface area contributed by atoms with Gasteiger partial charge in [0.1, 0.15) is 0 Å². The summed E-state index contributed by atoms with van der Waals surface area (Å²) in [5.41, 5.74) is 0. The topological polar surface area (TPSA) is 49.8 Å². The van der Waals surface area contributed by atoms with Crippen molar-refractivity contribution in [3.05, 3.63) is 12.2 Å². The summed E-state index contributed by atoms with van der Waals surface area (Å²) in [7, 11) is 0. The van der Waals surface area contributed by atoms with Crippen LogP contribution in [0.25, 0.3) is 0 Å². The Morgan fingerprint density at radius 3 is 2.88 bits per heavy atom. The van der Waals surface area contributed by atoms with Gasteiger partial charge >= 0.3 is 5.97 Å². The normalized spacial score (nSPS) is 26.2. The third-order valence-electron chi connectivity index (χ3n) is 0.813. The first kappa shape index (κ1) is 5.31. The fourth-order valence-electron chi connectivity index (χ4n) is 0.356. The molecule has 0 aliphatic carbocycles. The molecule has 0 aromatic rings. The van der Waals surface area contributed by atoms with Crippen LogP contribution >= 0.6 is 0 Å². The fraction of sp³-hybridized carbons (Fsp3) is 0.400. The molecule has 1 unspecified atom stereocenters. The second-order valence-corrected chi connectivity index (χ2v) is 1.57. The van der Waals surface area contributed by atoms with Crippen LogP contribution in [0.3, 0.4) is 0 Å². The second kappa shape index (κ2) is 1.96. The van der Waals surface area contributed by atoms with E-state index < -0.39 is 5.97 Å². The second-order valence-electron chi connectivity index (χ2n) is 1.57. The minimum absolute atomic E-state index is 0.0751. The molecular formula is C5H6O3. The van der Waals surface area contributed by atoms with Gasteiger partial charge in [-0.15, -0.1) is 0 Å². The zero-order valence-corrected chi connectivity index (χ0v) is 4.20. The maximum Gasteiger partial charge on any atom is 0.328 e. The molecule has 3 nitrogen and oxygen atoms in total. The van der Waals surface area contributed by atoms with Crippen molar-refractivity contribution in [3.8, 4) is 0 Å². The average Bonchev–Trinajstić information content (AvgIpc) is 2.41. The lowest BCUT2D eigenvalue weighted by atomic mass is 10.4. The summed E-state index contributed by atoms with van der Waals surface area (Å²) in [5.74, 6) is -0.916. The highest BCUT2D eigenvalue weighted by Crippen LogP contribution is 2.08. The van der Waals surface area contributed by atoms with Crippen LogP contribution in [0.4, 0.5) is 0 Å². The summed E-state index contributed by atoms with van der Waals surface area (Å²) in [6.07, 6.45) is 2.70. The standard InChI is InChI=1S/C5H6O3/c6-5(7)2-1-4-3-8-4/h1-2,4H,3H2,(H,6,7)/b2-1-. The molecule has 0 aromatic carbocycles. The number of epoxide rings is 1. The van der Waals surface area contributed by atoms with Crippen LogP contribution in [-0.2, 0) is 9.53 Å². The lowest BCUT2D eigenvalue weighted by Crippen LogP contribution is -1.87. The van der Waals surface area contributed by atoms with E-state index in [9.17, 15) is 4.79 Å². The molecule has 1 rings (SSSR count). The van der Waals surface area contributed by atoms with Crippen LogP contribution in [0.5, 0.6) is 0 Å². The van der Waals surface area contributed by atoms with Crippen LogP contribution in [0.1, 0.15) is 0 Å². The summed E-state index contributed by atoms with van der Waals surface area (Å²) in [6, 6.07) is 0. The van der Waals surface area contributed by atoms with Gasteiger partial charge in [-0.2, -0.15) is 0 Å². The monoisotopic (exact) mass is 114 g/mol. The number of rotatable bonds is 2. The highest BCUT2D eigenvalue weighted by atomic mass is 16.6. The van der Waals surface area contributed by atoms with Crippen LogP contribution in [0.15, 0.2) is 12.2 Å². The van der Waals surface area contributed by atoms with Crippen molar-refractivity contribution >= 4 is 5.97 Å². The lowest BCUT2D eigenvalue weighted by molar-refractivity contribution is -0.131. The number of carbonyl (C=O) groups is 1. The van der Waals surface area contributed by atoms with Gasteiger partial charge < -0.3 is 9.84 Å². The Hall–Kier alpha value is -0.830. The van der Waals surface area contributed by atoms with E-state index in [0.29, 0.717) is 6.61 Å². The molecule has 0 bridgehead atoms. The molecule has 44 valence electrons. The summed E-state index contributed by atoms with van der Waals surface area (Å²) < 4.78 is 4.71. The van der Waals surface area contributed by atoms with Crippen molar-refractivity contribution in [3.63, 3.8) is 0 Å². The molecule has 1 atom stereocenters. The minimum Gasteiger partial charge on any atom is -0.478 e. The minimum atomic E-state index is -0.916. The van der Waals surface area contributed by atoms with E-state index in [1.807, 2.05) is 0 Å². The van der Waals surface area contributed by atoms with Gasteiger partial charge in [0.2, 0.25) is 0 Å². The van der Waals surface area contributed by atoms with Gasteiger partial charge in [-0.1, -0.05) is 0 Å². The molecule has 3 heteroatoms. The highest BCUT2D eigenvalue weighted by Gasteiger charge is 2.18. The van der Waals surface area contributed by atoms with Crippen molar-refractivity contribution in [1.29, 1.82) is 0 Å². The van der Waals surface area contributed by atoms with E-state index in [4.69, 9.17) is 9.84 Å². The predicted molar refractivity (Wildman–Crippen MR) is 26.5 cm³/mol. The molecule has 1 N–H and O–H groups in total. The van der Waals surface area contributed by atoms with Crippen LogP contribution < -0.4 is 0 Å². The van der Waals surface area contributed by atoms with Crippen LogP contribution in [-0.4, -0.2) is 23.8 Å². The Labute approximate surface area is 46.6 Å². The van der Waals surface area contributed by atoms with Crippen molar-refractivity contribution in [1.82, 2.24) is 0 Å². The highest BCUT2D eigenvalue weighted by molar-refractivity contribution is 5.79. The molecule has 1 heterocycles. The maximum atomic E-state index is 9.79. The van der Waals surface area contributed by atoms with Gasteiger partial charge in [-0.25, -0.2) is 4.79 Å². The van der Waals surface area contributed by atoms with Gasteiger partial charge in [0.05, 0.1) is 12.7 Å². The molecule has 0 amide bonds. The Bertz CT molecular complexity index is 124. The number of hydrogen-bond donors (Lipinski definition) is 1. The Morgan fingerprint density at radius 1 is 1.88 bits per heavy atom. The van der Waals surface area contributed by atoms with Crippen LogP contribution in [0, 0.1) is 0 Å². The summed E-state index contributed by atoms with van der Waals surface area (Å²) in [4.78, 5) is 9.79. The van der Waals surface area contributed by atoms with E-state index >= 15 is 0 Å². The van der Waals surface area contributed by atoms with E-state index in [2.05, 4.69) is 0 Å². The largest absolute Gasteiger partial charge is 0.478 e. The Kier molecular flexibility index (Phi) is 1.30. The number of aliphatic carboxylic acids is 1. The zero-order valence-electron chi connectivity index (χ0n) is 4.20. The summed E-state index contributed by atoms with van der Waals surface area (Å²) >= 11 is 0. The molecule has 1 aliphatic heterocycles. The fourth-order valence-corrected chi connectivity index (χ4v) is 0.356. The van der Waals surface area contributed by atoms with Crippen molar-refractivity contribution in [2.75, 3.05) is 6.61 Å². The average molecular weight is 114 g/mol.